The number of primary amides is 1. The number of carbonyl (C=O) groups is 4. The first-order chi connectivity index (χ1) is 14.0. The monoisotopic (exact) mass is 400 g/mol. The molecule has 1 unspecified atom stereocenters. The summed E-state index contributed by atoms with van der Waals surface area (Å²) in [6.07, 6.45) is 8.51. The fraction of sp³-hybridized carbons (Fsp3) is 0.455. The van der Waals surface area contributed by atoms with E-state index in [4.69, 9.17) is 9.53 Å². The van der Waals surface area contributed by atoms with Gasteiger partial charge in [-0.15, -0.1) is 6.58 Å². The van der Waals surface area contributed by atoms with Gasteiger partial charge in [0, 0.05) is 24.2 Å². The molecule has 0 aromatic heterocycles. The summed E-state index contributed by atoms with van der Waals surface area (Å²) >= 11 is 0. The Bertz CT molecular complexity index is 648. The second kappa shape index (κ2) is 17.6. The number of benzene rings is 1. The van der Waals surface area contributed by atoms with Gasteiger partial charge in [0.1, 0.15) is 12.0 Å². The average molecular weight is 400 g/mol. The summed E-state index contributed by atoms with van der Waals surface area (Å²) in [5, 5.41) is 0. The van der Waals surface area contributed by atoms with Gasteiger partial charge < -0.3 is 20.1 Å². The van der Waals surface area contributed by atoms with Gasteiger partial charge in [-0.3, -0.25) is 9.59 Å². The quantitative estimate of drug-likeness (QED) is 0.211. The molecule has 0 aliphatic rings. The van der Waals surface area contributed by atoms with E-state index in [0.29, 0.717) is 30.8 Å². The van der Waals surface area contributed by atoms with Crippen LogP contribution in [0.15, 0.2) is 30.9 Å². The van der Waals surface area contributed by atoms with E-state index >= 15 is 0 Å². The van der Waals surface area contributed by atoms with Crippen LogP contribution in [0.25, 0.3) is 0 Å². The summed E-state index contributed by atoms with van der Waals surface area (Å²) < 4.78 is 5.33. The predicted molar refractivity (Wildman–Crippen MR) is 115 cm³/mol. The molecule has 1 aromatic rings. The van der Waals surface area contributed by atoms with Crippen LogP contribution in [0.5, 0.6) is 0 Å². The summed E-state index contributed by atoms with van der Waals surface area (Å²) in [6.45, 7) is 6.78. The maximum Gasteiger partial charge on any atom is 0.212 e. The molecule has 0 heterocycles. The van der Waals surface area contributed by atoms with E-state index in [-0.39, 0.29) is 17.9 Å². The van der Waals surface area contributed by atoms with E-state index in [1.54, 1.807) is 19.4 Å². The molecule has 1 aromatic carbocycles. The van der Waals surface area contributed by atoms with Crippen molar-refractivity contribution >= 4 is 31.9 Å². The number of aldehydes is 2. The summed E-state index contributed by atoms with van der Waals surface area (Å²) in [6, 6.07) is 5.46. The van der Waals surface area contributed by atoms with Gasteiger partial charge in [0.15, 0.2) is 6.29 Å². The lowest BCUT2D eigenvalue weighted by Crippen LogP contribution is -2.16. The van der Waals surface area contributed by atoms with Crippen LogP contribution in [0, 0.1) is 0 Å². The van der Waals surface area contributed by atoms with Crippen LogP contribution in [0.3, 0.4) is 0 Å². The van der Waals surface area contributed by atoms with Crippen molar-refractivity contribution in [2.75, 3.05) is 13.2 Å². The predicted octanol–water partition coefficient (Wildman–Crippen LogP) is 3.15. The average Bonchev–Trinajstić information content (AvgIpc) is 2.71. The number of hydrogen-bond acceptors (Lipinski definition) is 5. The Hall–Kier alpha value is -2.54. The van der Waals surface area contributed by atoms with Gasteiger partial charge in [-0.05, 0) is 37.3 Å². The molecule has 0 aliphatic carbocycles. The Morgan fingerprint density at radius 2 is 1.93 bits per heavy atom. The molecule has 1 atom stereocenters. The molecule has 7 heteroatoms. The van der Waals surface area contributed by atoms with Crippen molar-refractivity contribution in [3.63, 3.8) is 0 Å². The van der Waals surface area contributed by atoms with Crippen LogP contribution in [0.2, 0.25) is 5.82 Å². The molecule has 0 fully saturated rings. The summed E-state index contributed by atoms with van der Waals surface area (Å²) in [7, 11) is 1.68. The lowest BCUT2D eigenvalue weighted by Gasteiger charge is -2.10. The second-order valence-electron chi connectivity index (χ2n) is 6.57. The number of allylic oxidation sites excluding steroid dienone is 1. The van der Waals surface area contributed by atoms with Crippen molar-refractivity contribution in [3.8, 4) is 0 Å². The fourth-order valence-corrected chi connectivity index (χ4v) is 2.67. The lowest BCUT2D eigenvalue weighted by atomic mass is 9.58. The maximum absolute atomic E-state index is 12.4. The third-order valence-corrected chi connectivity index (χ3v) is 4.15. The van der Waals surface area contributed by atoms with Gasteiger partial charge in [0.25, 0.3) is 0 Å². The lowest BCUT2D eigenvalue weighted by molar-refractivity contribution is -0.109. The molecule has 0 saturated heterocycles. The minimum atomic E-state index is -0.0983. The van der Waals surface area contributed by atoms with Crippen molar-refractivity contribution in [2.45, 2.75) is 51.3 Å². The van der Waals surface area contributed by atoms with Crippen LogP contribution in [0.4, 0.5) is 0 Å². The Kier molecular flexibility index (Phi) is 16.0. The Morgan fingerprint density at radius 1 is 1.21 bits per heavy atom. The minimum absolute atomic E-state index is 0.0983. The summed E-state index contributed by atoms with van der Waals surface area (Å²) in [4.78, 5) is 42.6. The Balaban J connectivity index is 0.00000245. The smallest absolute Gasteiger partial charge is 0.212 e. The minimum Gasteiger partial charge on any atom is -0.381 e. The van der Waals surface area contributed by atoms with Crippen molar-refractivity contribution in [1.29, 1.82) is 0 Å². The molecular formula is C22H31BNO5. The molecule has 6 nitrogen and oxygen atoms in total. The highest BCUT2D eigenvalue weighted by Gasteiger charge is 2.16. The third-order valence-electron chi connectivity index (χ3n) is 4.15. The van der Waals surface area contributed by atoms with E-state index < -0.39 is 0 Å². The molecule has 1 rings (SSSR count). The topological polar surface area (TPSA) is 104 Å². The number of nitrogens with two attached hydrogens (primary N) is 1. The number of unbranched alkanes of at least 4 members (excludes halogenated alkanes) is 1. The zero-order valence-electron chi connectivity index (χ0n) is 17.2. The first kappa shape index (κ1) is 26.5. The largest absolute Gasteiger partial charge is 0.381 e. The number of carbonyl (C=O) groups excluding carboxylic acids is 4. The summed E-state index contributed by atoms with van der Waals surface area (Å²) in [5.74, 6) is 0.152. The molecule has 1 amide bonds. The molecule has 0 saturated carbocycles. The van der Waals surface area contributed by atoms with Gasteiger partial charge in [-0.2, -0.15) is 0 Å². The highest BCUT2D eigenvalue weighted by atomic mass is 16.5. The van der Waals surface area contributed by atoms with Gasteiger partial charge in [0.2, 0.25) is 13.7 Å². The zero-order valence-corrected chi connectivity index (χ0v) is 17.2. The van der Waals surface area contributed by atoms with Gasteiger partial charge in [0.05, 0.1) is 6.61 Å². The molecule has 0 bridgehead atoms. The van der Waals surface area contributed by atoms with E-state index in [9.17, 15) is 14.4 Å². The molecule has 1 radical (unpaired) electrons. The van der Waals surface area contributed by atoms with E-state index in [2.05, 4.69) is 12.3 Å². The highest BCUT2D eigenvalue weighted by molar-refractivity contribution is 6.78. The summed E-state index contributed by atoms with van der Waals surface area (Å²) in [5.41, 5.74) is 6.02. The zero-order chi connectivity index (χ0) is 21.9. The van der Waals surface area contributed by atoms with Crippen LogP contribution >= 0.6 is 0 Å². The van der Waals surface area contributed by atoms with Crippen molar-refractivity contribution in [3.05, 3.63) is 47.5 Å². The van der Waals surface area contributed by atoms with Crippen LogP contribution in [-0.4, -0.2) is 45.2 Å². The number of hydrogen-bond donors (Lipinski definition) is 1. The van der Waals surface area contributed by atoms with Crippen molar-refractivity contribution in [1.82, 2.24) is 0 Å². The molecule has 2 N–H and O–H groups in total. The number of rotatable bonds is 15. The Morgan fingerprint density at radius 3 is 2.55 bits per heavy atom. The van der Waals surface area contributed by atoms with Gasteiger partial charge in [-0.1, -0.05) is 37.4 Å². The van der Waals surface area contributed by atoms with Crippen LogP contribution < -0.4 is 5.73 Å². The van der Waals surface area contributed by atoms with Crippen LogP contribution in [-0.2, 0) is 20.7 Å². The van der Waals surface area contributed by atoms with E-state index in [0.717, 1.165) is 50.2 Å². The van der Waals surface area contributed by atoms with E-state index in [1.807, 2.05) is 19.1 Å². The van der Waals surface area contributed by atoms with Crippen molar-refractivity contribution < 1.29 is 23.9 Å². The first-order valence-electron chi connectivity index (χ1n) is 9.78. The molecule has 0 aliphatic heterocycles. The standard InChI is InChI=1S/C21H28BO4.CH3NO/c1-3-4-8-17(2)22-21(25)20-11-10-18(15-19(20)16-24)9-5-6-13-26-14-7-12-23;2-1-3/h3,10-12,15-17H,1,4-9,13-14H2,2H3;1H,(H2,2,3). The highest BCUT2D eigenvalue weighted by Crippen LogP contribution is 2.17. The number of aryl methyl sites for hydroxylation is 1. The van der Waals surface area contributed by atoms with E-state index in [1.165, 1.54) is 0 Å². The molecule has 0 spiro atoms. The molecule has 157 valence electrons. The van der Waals surface area contributed by atoms with Crippen molar-refractivity contribution in [2.24, 2.45) is 5.73 Å². The van der Waals surface area contributed by atoms with Gasteiger partial charge in [-0.25, -0.2) is 0 Å². The Labute approximate surface area is 174 Å². The third kappa shape index (κ3) is 12.5. The number of amides is 1. The second-order valence-corrected chi connectivity index (χ2v) is 6.57. The molecule has 29 heavy (non-hydrogen) atoms. The first-order valence-corrected chi connectivity index (χ1v) is 9.78. The van der Waals surface area contributed by atoms with Crippen LogP contribution in [0.1, 0.15) is 65.3 Å². The van der Waals surface area contributed by atoms with Gasteiger partial charge >= 0.3 is 0 Å². The number of ether oxygens (including phenoxy) is 1. The SMILES string of the molecule is C=CCCC(C)[B]C(=O)c1ccc(CCCCOCCC=O)cc1C=O.NC=O. The maximum atomic E-state index is 12.4. The normalized spacial score (nSPS) is 10.8. The molecular weight excluding hydrogens is 369 g/mol. The fourth-order valence-electron chi connectivity index (χ4n) is 2.67.